The van der Waals surface area contributed by atoms with Gasteiger partial charge in [-0.15, -0.1) is 11.3 Å². The summed E-state index contributed by atoms with van der Waals surface area (Å²) >= 11 is 1.48. The Morgan fingerprint density at radius 2 is 2.07 bits per heavy atom. The highest BCUT2D eigenvalue weighted by molar-refractivity contribution is 7.13. The summed E-state index contributed by atoms with van der Waals surface area (Å²) < 4.78 is 15.3. The Labute approximate surface area is 171 Å². The number of aromatic nitrogens is 2. The van der Waals surface area contributed by atoms with Crippen molar-refractivity contribution in [3.63, 3.8) is 0 Å². The number of thiophene rings is 1. The molecule has 0 aliphatic heterocycles. The fourth-order valence-electron chi connectivity index (χ4n) is 2.28. The number of benzene rings is 1. The van der Waals surface area contributed by atoms with Gasteiger partial charge in [-0.3, -0.25) is 4.79 Å². The summed E-state index contributed by atoms with van der Waals surface area (Å²) in [4.78, 5) is 29.1. The largest absolute Gasteiger partial charge is 0.497 e. The molecule has 0 saturated carbocycles. The maximum Gasteiger partial charge on any atom is 0.328 e. The summed E-state index contributed by atoms with van der Waals surface area (Å²) in [5, 5.41) is 8.29. The first-order chi connectivity index (χ1) is 14.0. The molecular weight excluding hydrogens is 394 g/mol. The van der Waals surface area contributed by atoms with E-state index in [0.29, 0.717) is 5.82 Å². The van der Waals surface area contributed by atoms with Crippen molar-refractivity contribution >= 4 is 29.3 Å². The average Bonchev–Trinajstić information content (AvgIpc) is 3.42. The lowest BCUT2D eigenvalue weighted by Gasteiger charge is -2.10. The van der Waals surface area contributed by atoms with Crippen molar-refractivity contribution in [1.82, 2.24) is 15.5 Å². The van der Waals surface area contributed by atoms with E-state index in [4.69, 9.17) is 14.0 Å². The minimum atomic E-state index is -0.831. The second-order valence-electron chi connectivity index (χ2n) is 5.93. The van der Waals surface area contributed by atoms with Crippen molar-refractivity contribution < 1.29 is 23.6 Å². The van der Waals surface area contributed by atoms with Gasteiger partial charge in [0, 0.05) is 6.08 Å². The summed E-state index contributed by atoms with van der Waals surface area (Å²) in [7, 11) is 1.58. The van der Waals surface area contributed by atoms with Gasteiger partial charge in [-0.2, -0.15) is 4.98 Å². The van der Waals surface area contributed by atoms with Crippen molar-refractivity contribution in [2.75, 3.05) is 7.11 Å². The maximum absolute atomic E-state index is 12.1. The molecule has 29 heavy (non-hydrogen) atoms. The minimum Gasteiger partial charge on any atom is -0.497 e. The van der Waals surface area contributed by atoms with E-state index >= 15 is 0 Å². The number of hydrogen-bond donors (Lipinski definition) is 1. The molecule has 2 aromatic heterocycles. The third kappa shape index (κ3) is 5.76. The fraction of sp³-hybridized carbons (Fsp3) is 0.200. The van der Waals surface area contributed by atoms with Gasteiger partial charge in [-0.25, -0.2) is 4.79 Å². The molecule has 0 bridgehead atoms. The Kier molecular flexibility index (Phi) is 6.75. The number of carbonyl (C=O) groups excluding carboxylic acids is 2. The van der Waals surface area contributed by atoms with Crippen LogP contribution in [0, 0.1) is 0 Å². The second kappa shape index (κ2) is 9.65. The summed E-state index contributed by atoms with van der Waals surface area (Å²) in [6.07, 6.45) is 2.98. The van der Waals surface area contributed by atoms with Gasteiger partial charge in [0.25, 0.3) is 5.89 Å². The molecule has 1 amide bonds. The minimum absolute atomic E-state index is 0.168. The Morgan fingerprint density at radius 1 is 1.28 bits per heavy atom. The first-order valence-electron chi connectivity index (χ1n) is 8.71. The Bertz CT molecular complexity index is 980. The highest BCUT2D eigenvalue weighted by Gasteiger charge is 2.18. The van der Waals surface area contributed by atoms with E-state index in [-0.39, 0.29) is 12.5 Å². The van der Waals surface area contributed by atoms with Crippen LogP contribution in [0.4, 0.5) is 0 Å². The number of amides is 1. The molecule has 0 saturated heterocycles. The number of esters is 1. The molecule has 150 valence electrons. The highest BCUT2D eigenvalue weighted by Crippen LogP contribution is 2.21. The van der Waals surface area contributed by atoms with Gasteiger partial charge in [-0.05, 0) is 42.1 Å². The van der Waals surface area contributed by atoms with Gasteiger partial charge in [0.1, 0.15) is 11.8 Å². The lowest BCUT2D eigenvalue weighted by molar-refractivity contribution is -0.149. The molecule has 3 aromatic rings. The molecule has 0 radical (unpaired) electrons. The monoisotopic (exact) mass is 413 g/mol. The quantitative estimate of drug-likeness (QED) is 0.447. The number of rotatable bonds is 8. The molecule has 1 N–H and O–H groups in total. The third-order valence-electron chi connectivity index (χ3n) is 3.80. The Morgan fingerprint density at radius 3 is 2.76 bits per heavy atom. The molecule has 0 unspecified atom stereocenters. The van der Waals surface area contributed by atoms with E-state index in [9.17, 15) is 9.59 Å². The van der Waals surface area contributed by atoms with Crippen LogP contribution < -0.4 is 10.1 Å². The Hall–Kier alpha value is -3.46. The molecule has 0 spiro atoms. The van der Waals surface area contributed by atoms with Crippen LogP contribution in [0.25, 0.3) is 16.8 Å². The molecule has 1 aromatic carbocycles. The van der Waals surface area contributed by atoms with Gasteiger partial charge < -0.3 is 19.3 Å². The SMILES string of the molecule is COc1ccc(/C=C/C(=O)N[C@@H](C)C(=O)OCc2nc(-c3cccs3)no2)cc1. The zero-order valence-electron chi connectivity index (χ0n) is 15.8. The fourth-order valence-corrected chi connectivity index (χ4v) is 2.93. The van der Waals surface area contributed by atoms with Gasteiger partial charge in [0.05, 0.1) is 12.0 Å². The first-order valence-corrected chi connectivity index (χ1v) is 9.59. The van der Waals surface area contributed by atoms with Gasteiger partial charge in [0.15, 0.2) is 6.61 Å². The number of carbonyl (C=O) groups is 2. The number of ether oxygens (including phenoxy) is 2. The molecule has 2 heterocycles. The number of hydrogen-bond acceptors (Lipinski definition) is 8. The van der Waals surface area contributed by atoms with Crippen LogP contribution in [0.1, 0.15) is 18.4 Å². The molecule has 0 fully saturated rings. The molecule has 3 rings (SSSR count). The number of nitrogens with zero attached hydrogens (tertiary/aromatic N) is 2. The summed E-state index contributed by atoms with van der Waals surface area (Å²) in [5.74, 6) is 0.331. The van der Waals surface area contributed by atoms with Crippen LogP contribution >= 0.6 is 11.3 Å². The van der Waals surface area contributed by atoms with Crippen molar-refractivity contribution in [3.05, 3.63) is 59.3 Å². The van der Waals surface area contributed by atoms with E-state index < -0.39 is 17.9 Å². The van der Waals surface area contributed by atoms with Crippen LogP contribution in [0.3, 0.4) is 0 Å². The van der Waals surface area contributed by atoms with E-state index in [1.807, 2.05) is 29.6 Å². The average molecular weight is 413 g/mol. The number of methoxy groups -OCH3 is 1. The molecule has 9 heteroatoms. The molecule has 0 aliphatic rings. The lowest BCUT2D eigenvalue weighted by atomic mass is 10.2. The standard InChI is InChI=1S/C20H19N3O5S/c1-13(21-17(24)10-7-14-5-8-15(26-2)9-6-14)20(25)27-12-18-22-19(23-28-18)16-4-3-11-29-16/h3-11,13H,12H2,1-2H3,(H,21,24)/b10-7+/t13-/m0/s1. The van der Waals surface area contributed by atoms with E-state index in [2.05, 4.69) is 15.5 Å². The zero-order valence-corrected chi connectivity index (χ0v) is 16.6. The topological polar surface area (TPSA) is 104 Å². The predicted molar refractivity (Wildman–Crippen MR) is 107 cm³/mol. The lowest BCUT2D eigenvalue weighted by Crippen LogP contribution is -2.38. The van der Waals surface area contributed by atoms with Crippen LogP contribution in [0.2, 0.25) is 0 Å². The van der Waals surface area contributed by atoms with E-state index in [1.54, 1.807) is 25.3 Å². The predicted octanol–water partition coefficient (Wildman–Crippen LogP) is 3.07. The van der Waals surface area contributed by atoms with Crippen molar-refractivity contribution in [1.29, 1.82) is 0 Å². The Balaban J connectivity index is 1.45. The first kappa shape index (κ1) is 20.3. The van der Waals surface area contributed by atoms with Crippen LogP contribution in [0.5, 0.6) is 5.75 Å². The molecule has 0 aliphatic carbocycles. The van der Waals surface area contributed by atoms with E-state index in [1.165, 1.54) is 24.3 Å². The zero-order chi connectivity index (χ0) is 20.6. The van der Waals surface area contributed by atoms with Crippen molar-refractivity contribution in [3.8, 4) is 16.5 Å². The summed E-state index contributed by atoms with van der Waals surface area (Å²) in [5.41, 5.74) is 0.828. The van der Waals surface area contributed by atoms with Crippen LogP contribution in [0.15, 0.2) is 52.4 Å². The maximum atomic E-state index is 12.1. The molecule has 8 nitrogen and oxygen atoms in total. The summed E-state index contributed by atoms with van der Waals surface area (Å²) in [6, 6.07) is 10.1. The molecule has 1 atom stereocenters. The third-order valence-corrected chi connectivity index (χ3v) is 4.67. The van der Waals surface area contributed by atoms with Gasteiger partial charge in [0.2, 0.25) is 11.7 Å². The van der Waals surface area contributed by atoms with Crippen LogP contribution in [-0.4, -0.2) is 35.2 Å². The van der Waals surface area contributed by atoms with Gasteiger partial charge in [-0.1, -0.05) is 23.4 Å². The number of nitrogens with one attached hydrogen (secondary N) is 1. The van der Waals surface area contributed by atoms with Crippen LogP contribution in [-0.2, 0) is 20.9 Å². The van der Waals surface area contributed by atoms with Crippen molar-refractivity contribution in [2.45, 2.75) is 19.6 Å². The molecular formula is C20H19N3O5S. The van der Waals surface area contributed by atoms with E-state index in [0.717, 1.165) is 16.2 Å². The smallest absolute Gasteiger partial charge is 0.328 e. The van der Waals surface area contributed by atoms with Gasteiger partial charge >= 0.3 is 5.97 Å². The summed E-state index contributed by atoms with van der Waals surface area (Å²) in [6.45, 7) is 1.37. The normalized spacial score (nSPS) is 11.9. The highest BCUT2D eigenvalue weighted by atomic mass is 32.1. The van der Waals surface area contributed by atoms with Crippen molar-refractivity contribution in [2.24, 2.45) is 0 Å². The second-order valence-corrected chi connectivity index (χ2v) is 6.88.